The molecular formula is C22H22N2O3S2. The Labute approximate surface area is 175 Å². The SMILES string of the molecule is O=C(CCc1ccccc1)Nc1ccc2c(c1)CCCN2S(=O)(=O)c1cccs1. The van der Waals surface area contributed by atoms with E-state index in [9.17, 15) is 13.2 Å². The van der Waals surface area contributed by atoms with Crippen LogP contribution in [0.4, 0.5) is 11.4 Å². The van der Waals surface area contributed by atoms with Crippen molar-refractivity contribution in [2.75, 3.05) is 16.2 Å². The van der Waals surface area contributed by atoms with Crippen molar-refractivity contribution < 1.29 is 13.2 Å². The minimum atomic E-state index is -3.54. The zero-order valence-corrected chi connectivity index (χ0v) is 17.5. The number of amides is 1. The number of fused-ring (bicyclic) bond motifs is 1. The minimum absolute atomic E-state index is 0.0484. The highest BCUT2D eigenvalue weighted by Gasteiger charge is 2.29. The first-order chi connectivity index (χ1) is 14.0. The van der Waals surface area contributed by atoms with Gasteiger partial charge in [-0.25, -0.2) is 8.42 Å². The summed E-state index contributed by atoms with van der Waals surface area (Å²) in [6.45, 7) is 0.468. The van der Waals surface area contributed by atoms with Gasteiger partial charge >= 0.3 is 0 Å². The van der Waals surface area contributed by atoms with Crippen LogP contribution in [0.5, 0.6) is 0 Å². The monoisotopic (exact) mass is 426 g/mol. The van der Waals surface area contributed by atoms with Crippen molar-refractivity contribution in [1.82, 2.24) is 0 Å². The van der Waals surface area contributed by atoms with Gasteiger partial charge in [0.25, 0.3) is 10.0 Å². The average Bonchev–Trinajstić information content (AvgIpc) is 3.28. The Balaban J connectivity index is 1.48. The van der Waals surface area contributed by atoms with Crippen LogP contribution in [0.1, 0.15) is 24.0 Å². The maximum Gasteiger partial charge on any atom is 0.273 e. The summed E-state index contributed by atoms with van der Waals surface area (Å²) < 4.78 is 27.8. The van der Waals surface area contributed by atoms with Crippen LogP contribution in [-0.2, 0) is 27.7 Å². The van der Waals surface area contributed by atoms with E-state index in [0.717, 1.165) is 24.0 Å². The van der Waals surface area contributed by atoms with Gasteiger partial charge in [0.15, 0.2) is 0 Å². The molecule has 0 unspecified atom stereocenters. The molecule has 0 radical (unpaired) electrons. The first kappa shape index (κ1) is 19.7. The first-order valence-electron chi connectivity index (χ1n) is 9.57. The molecule has 29 heavy (non-hydrogen) atoms. The molecular weight excluding hydrogens is 404 g/mol. The standard InChI is InChI=1S/C22H22N2O3S2/c25-21(13-10-17-6-2-1-3-7-17)23-19-11-12-20-18(16-19)8-4-14-24(20)29(26,27)22-9-5-15-28-22/h1-3,5-7,9,11-12,15-16H,4,8,10,13-14H2,(H,23,25). The number of hydrogen-bond acceptors (Lipinski definition) is 4. The molecule has 5 nitrogen and oxygen atoms in total. The molecule has 0 aliphatic carbocycles. The van der Waals surface area contributed by atoms with Crippen molar-refractivity contribution in [3.05, 3.63) is 77.2 Å². The van der Waals surface area contributed by atoms with E-state index >= 15 is 0 Å². The highest BCUT2D eigenvalue weighted by molar-refractivity contribution is 7.94. The van der Waals surface area contributed by atoms with Gasteiger partial charge in [-0.3, -0.25) is 9.10 Å². The highest BCUT2D eigenvalue weighted by Crippen LogP contribution is 2.34. The highest BCUT2D eigenvalue weighted by atomic mass is 32.2. The predicted molar refractivity (Wildman–Crippen MR) is 117 cm³/mol. The summed E-state index contributed by atoms with van der Waals surface area (Å²) in [6.07, 6.45) is 2.63. The summed E-state index contributed by atoms with van der Waals surface area (Å²) in [4.78, 5) is 12.3. The summed E-state index contributed by atoms with van der Waals surface area (Å²) in [5.41, 5.74) is 3.48. The van der Waals surface area contributed by atoms with E-state index in [-0.39, 0.29) is 5.91 Å². The number of thiophene rings is 1. The third kappa shape index (κ3) is 4.36. The fraction of sp³-hybridized carbons (Fsp3) is 0.227. The third-order valence-corrected chi connectivity index (χ3v) is 8.15. The van der Waals surface area contributed by atoms with Crippen LogP contribution < -0.4 is 9.62 Å². The topological polar surface area (TPSA) is 66.5 Å². The number of hydrogen-bond donors (Lipinski definition) is 1. The second-order valence-corrected chi connectivity index (χ2v) is 10.0. The number of nitrogens with one attached hydrogen (secondary N) is 1. The van der Waals surface area contributed by atoms with Gasteiger partial charge in [0.05, 0.1) is 5.69 Å². The molecule has 0 bridgehead atoms. The molecule has 1 aliphatic heterocycles. The summed E-state index contributed by atoms with van der Waals surface area (Å²) in [5, 5.41) is 4.71. The molecule has 0 saturated carbocycles. The van der Waals surface area contributed by atoms with Crippen LogP contribution in [0.15, 0.2) is 70.3 Å². The lowest BCUT2D eigenvalue weighted by Crippen LogP contribution is -2.35. The van der Waals surface area contributed by atoms with Crippen molar-refractivity contribution in [3.8, 4) is 0 Å². The smallest absolute Gasteiger partial charge is 0.273 e. The van der Waals surface area contributed by atoms with Crippen LogP contribution in [0.3, 0.4) is 0 Å². The number of rotatable bonds is 6. The largest absolute Gasteiger partial charge is 0.326 e. The molecule has 1 amide bonds. The Morgan fingerprint density at radius 3 is 2.66 bits per heavy atom. The number of carbonyl (C=O) groups is 1. The maximum atomic E-state index is 13.0. The predicted octanol–water partition coefficient (Wildman–Crippen LogP) is 4.46. The molecule has 0 atom stereocenters. The van der Waals surface area contributed by atoms with E-state index in [1.165, 1.54) is 15.6 Å². The minimum Gasteiger partial charge on any atom is -0.326 e. The molecule has 1 aromatic heterocycles. The number of nitrogens with zero attached hydrogens (tertiary/aromatic N) is 1. The van der Waals surface area contributed by atoms with Gasteiger partial charge in [0.2, 0.25) is 5.91 Å². The molecule has 2 heterocycles. The van der Waals surface area contributed by atoms with E-state index in [0.29, 0.717) is 35.0 Å². The number of sulfonamides is 1. The van der Waals surface area contributed by atoms with Crippen molar-refractivity contribution >= 4 is 38.6 Å². The van der Waals surface area contributed by atoms with Crippen molar-refractivity contribution in [2.24, 2.45) is 0 Å². The molecule has 1 N–H and O–H groups in total. The van der Waals surface area contributed by atoms with Gasteiger partial charge in [-0.15, -0.1) is 11.3 Å². The molecule has 3 aromatic rings. The molecule has 2 aromatic carbocycles. The molecule has 150 valence electrons. The molecule has 7 heteroatoms. The van der Waals surface area contributed by atoms with Gasteiger partial charge < -0.3 is 5.32 Å². The zero-order valence-electron chi connectivity index (χ0n) is 15.9. The average molecular weight is 427 g/mol. The quantitative estimate of drug-likeness (QED) is 0.633. The number of carbonyl (C=O) groups excluding carboxylic acids is 1. The van der Waals surface area contributed by atoms with Gasteiger partial charge in [-0.1, -0.05) is 36.4 Å². The summed E-state index contributed by atoms with van der Waals surface area (Å²) >= 11 is 1.23. The van der Waals surface area contributed by atoms with Crippen LogP contribution >= 0.6 is 11.3 Å². The molecule has 0 saturated heterocycles. The lowest BCUT2D eigenvalue weighted by atomic mass is 10.0. The Kier molecular flexibility index (Phi) is 5.69. The summed E-state index contributed by atoms with van der Waals surface area (Å²) in [5.74, 6) is -0.0484. The van der Waals surface area contributed by atoms with Gasteiger partial charge in [-0.05, 0) is 60.0 Å². The van der Waals surface area contributed by atoms with Gasteiger partial charge in [0.1, 0.15) is 4.21 Å². The third-order valence-electron chi connectivity index (χ3n) is 4.96. The van der Waals surface area contributed by atoms with E-state index in [4.69, 9.17) is 0 Å². The normalized spacial score (nSPS) is 13.7. The van der Waals surface area contributed by atoms with E-state index in [1.54, 1.807) is 29.6 Å². The fourth-order valence-electron chi connectivity index (χ4n) is 3.53. The van der Waals surface area contributed by atoms with E-state index in [2.05, 4.69) is 5.32 Å². The second kappa shape index (κ2) is 8.39. The maximum absolute atomic E-state index is 13.0. The number of benzene rings is 2. The Bertz CT molecular complexity index is 1090. The van der Waals surface area contributed by atoms with Crippen LogP contribution in [0.25, 0.3) is 0 Å². The lowest BCUT2D eigenvalue weighted by molar-refractivity contribution is -0.116. The van der Waals surface area contributed by atoms with Crippen molar-refractivity contribution in [2.45, 2.75) is 29.9 Å². The molecule has 0 fully saturated rings. The number of anilines is 2. The van der Waals surface area contributed by atoms with Crippen LogP contribution in [-0.4, -0.2) is 20.9 Å². The first-order valence-corrected chi connectivity index (χ1v) is 11.9. The van der Waals surface area contributed by atoms with Crippen molar-refractivity contribution in [1.29, 1.82) is 0 Å². The second-order valence-electron chi connectivity index (χ2n) is 6.99. The zero-order chi connectivity index (χ0) is 20.3. The van der Waals surface area contributed by atoms with Crippen LogP contribution in [0.2, 0.25) is 0 Å². The molecule has 0 spiro atoms. The fourth-order valence-corrected chi connectivity index (χ4v) is 6.18. The Morgan fingerprint density at radius 2 is 1.90 bits per heavy atom. The lowest BCUT2D eigenvalue weighted by Gasteiger charge is -2.30. The van der Waals surface area contributed by atoms with Crippen LogP contribution in [0, 0.1) is 0 Å². The van der Waals surface area contributed by atoms with Crippen molar-refractivity contribution in [3.63, 3.8) is 0 Å². The summed E-state index contributed by atoms with van der Waals surface area (Å²) in [7, 11) is -3.54. The van der Waals surface area contributed by atoms with Gasteiger partial charge in [-0.2, -0.15) is 0 Å². The van der Waals surface area contributed by atoms with Gasteiger partial charge in [0, 0.05) is 18.7 Å². The Hall–Kier alpha value is -2.64. The molecule has 1 aliphatic rings. The summed E-state index contributed by atoms with van der Waals surface area (Å²) in [6, 6.07) is 18.8. The molecule has 4 rings (SSSR count). The van der Waals surface area contributed by atoms with E-state index in [1.807, 2.05) is 36.4 Å². The Morgan fingerprint density at radius 1 is 1.07 bits per heavy atom. The number of aryl methyl sites for hydroxylation is 2. The van der Waals surface area contributed by atoms with E-state index < -0.39 is 10.0 Å².